The van der Waals surface area contributed by atoms with Gasteiger partial charge < -0.3 is 15.2 Å². The quantitative estimate of drug-likeness (QED) is 0.287. The molecule has 0 fully saturated rings. The Kier molecular flexibility index (Phi) is 7.35. The Labute approximate surface area is 222 Å². The minimum Gasteiger partial charge on any atom is -0.346 e. The molecule has 5 rings (SSSR count). The van der Waals surface area contributed by atoms with Crippen molar-refractivity contribution >= 4 is 23.9 Å². The maximum Gasteiger partial charge on any atom is 0.273 e. The van der Waals surface area contributed by atoms with Gasteiger partial charge in [0.15, 0.2) is 17.3 Å². The molecule has 0 saturated carbocycles. The third kappa shape index (κ3) is 6.13. The molecule has 194 valence electrons. The Bertz CT molecular complexity index is 1640. The summed E-state index contributed by atoms with van der Waals surface area (Å²) in [6.07, 6.45) is 4.43. The average Bonchev–Trinajstić information content (AvgIpc) is 3.39. The Morgan fingerprint density at radius 3 is 2.62 bits per heavy atom. The van der Waals surface area contributed by atoms with Gasteiger partial charge in [-0.3, -0.25) is 14.8 Å². The van der Waals surface area contributed by atoms with E-state index in [2.05, 4.69) is 45.7 Å². The minimum absolute atomic E-state index is 0.168. The summed E-state index contributed by atoms with van der Waals surface area (Å²) in [7, 11) is 1.58. The van der Waals surface area contributed by atoms with Gasteiger partial charge in [-0.25, -0.2) is 19.3 Å². The lowest BCUT2D eigenvalue weighted by molar-refractivity contribution is 0.0941. The zero-order valence-electron chi connectivity index (χ0n) is 21.0. The van der Waals surface area contributed by atoms with E-state index in [4.69, 9.17) is 4.52 Å². The number of hydrogen-bond donors (Lipinski definition) is 2. The van der Waals surface area contributed by atoms with Crippen LogP contribution in [0.1, 0.15) is 27.6 Å². The van der Waals surface area contributed by atoms with Gasteiger partial charge in [-0.1, -0.05) is 36.4 Å². The predicted molar refractivity (Wildman–Crippen MR) is 142 cm³/mol. The Morgan fingerprint density at radius 2 is 1.87 bits per heavy atom. The van der Waals surface area contributed by atoms with Crippen LogP contribution in [0.15, 0.2) is 76.5 Å². The molecule has 0 atom stereocenters. The Hall–Kier alpha value is -5.39. The molecule has 0 unspecified atom stereocenters. The topological polar surface area (TPSA) is 144 Å². The SMILES string of the molecule is C/N=C\c1nc(Nc2cc(C)nc(-c3cnc(C(=O)NCc4ccc(-c5ccccc5)nc4)c(F)c3)n2)no1. The van der Waals surface area contributed by atoms with Gasteiger partial charge in [0.05, 0.1) is 11.9 Å². The number of anilines is 2. The molecular weight excluding hydrogens is 501 g/mol. The number of carbonyl (C=O) groups is 1. The van der Waals surface area contributed by atoms with Crippen LogP contribution in [-0.4, -0.2) is 49.2 Å². The van der Waals surface area contributed by atoms with Gasteiger partial charge in [0.1, 0.15) is 5.82 Å². The van der Waals surface area contributed by atoms with Gasteiger partial charge >= 0.3 is 0 Å². The highest BCUT2D eigenvalue weighted by atomic mass is 19.1. The number of rotatable bonds is 8. The van der Waals surface area contributed by atoms with Crippen molar-refractivity contribution in [3.63, 3.8) is 0 Å². The highest BCUT2D eigenvalue weighted by Gasteiger charge is 2.17. The van der Waals surface area contributed by atoms with E-state index in [9.17, 15) is 9.18 Å². The summed E-state index contributed by atoms with van der Waals surface area (Å²) in [5.41, 5.74) is 3.14. The molecule has 12 heteroatoms. The number of aryl methyl sites for hydroxylation is 1. The summed E-state index contributed by atoms with van der Waals surface area (Å²) < 4.78 is 20.0. The second-order valence-electron chi connectivity index (χ2n) is 8.34. The second-order valence-corrected chi connectivity index (χ2v) is 8.34. The van der Waals surface area contributed by atoms with E-state index >= 15 is 0 Å². The van der Waals surface area contributed by atoms with Crippen molar-refractivity contribution in [3.8, 4) is 22.6 Å². The van der Waals surface area contributed by atoms with E-state index in [1.54, 1.807) is 26.2 Å². The van der Waals surface area contributed by atoms with Crippen molar-refractivity contribution in [2.24, 2.45) is 4.99 Å². The third-order valence-electron chi connectivity index (χ3n) is 5.44. The molecule has 4 heterocycles. The fraction of sp³-hybridized carbons (Fsp3) is 0.111. The highest BCUT2D eigenvalue weighted by Crippen LogP contribution is 2.21. The largest absolute Gasteiger partial charge is 0.346 e. The number of hydrogen-bond acceptors (Lipinski definition) is 10. The summed E-state index contributed by atoms with van der Waals surface area (Å²) >= 11 is 0. The first-order valence-electron chi connectivity index (χ1n) is 11.8. The number of aromatic nitrogens is 6. The zero-order valence-corrected chi connectivity index (χ0v) is 21.0. The van der Waals surface area contributed by atoms with E-state index in [0.29, 0.717) is 17.1 Å². The molecule has 2 N–H and O–H groups in total. The summed E-state index contributed by atoms with van der Waals surface area (Å²) in [6, 6.07) is 16.3. The molecule has 0 radical (unpaired) electrons. The molecule has 0 aliphatic carbocycles. The Morgan fingerprint density at radius 1 is 1.03 bits per heavy atom. The third-order valence-corrected chi connectivity index (χ3v) is 5.44. The summed E-state index contributed by atoms with van der Waals surface area (Å²) in [4.78, 5) is 37.7. The summed E-state index contributed by atoms with van der Waals surface area (Å²) in [5, 5.41) is 9.38. The van der Waals surface area contributed by atoms with E-state index < -0.39 is 11.7 Å². The fourth-order valence-corrected chi connectivity index (χ4v) is 3.63. The van der Waals surface area contributed by atoms with Gasteiger partial charge in [0, 0.05) is 48.9 Å². The van der Waals surface area contributed by atoms with Crippen molar-refractivity contribution in [1.29, 1.82) is 0 Å². The van der Waals surface area contributed by atoms with Crippen molar-refractivity contribution in [2.75, 3.05) is 12.4 Å². The highest BCUT2D eigenvalue weighted by molar-refractivity contribution is 5.92. The molecular formula is C27H22FN9O2. The molecule has 4 aromatic heterocycles. The van der Waals surface area contributed by atoms with Crippen LogP contribution in [0, 0.1) is 12.7 Å². The zero-order chi connectivity index (χ0) is 27.2. The fourth-order valence-electron chi connectivity index (χ4n) is 3.63. The number of amides is 1. The first-order valence-corrected chi connectivity index (χ1v) is 11.8. The molecule has 0 bridgehead atoms. The van der Waals surface area contributed by atoms with Crippen LogP contribution < -0.4 is 10.6 Å². The lowest BCUT2D eigenvalue weighted by Crippen LogP contribution is -2.25. The molecule has 0 aliphatic rings. The first kappa shape index (κ1) is 25.3. The van der Waals surface area contributed by atoms with Gasteiger partial charge in [-0.2, -0.15) is 4.98 Å². The van der Waals surface area contributed by atoms with Crippen LogP contribution in [0.2, 0.25) is 0 Å². The van der Waals surface area contributed by atoms with Crippen LogP contribution in [0.5, 0.6) is 0 Å². The maximum absolute atomic E-state index is 14.9. The second kappa shape index (κ2) is 11.3. The van der Waals surface area contributed by atoms with Crippen molar-refractivity contribution < 1.29 is 13.7 Å². The molecule has 1 amide bonds. The molecule has 0 saturated heterocycles. The van der Waals surface area contributed by atoms with Gasteiger partial charge in [-0.15, -0.1) is 0 Å². The van der Waals surface area contributed by atoms with Crippen molar-refractivity contribution in [2.45, 2.75) is 13.5 Å². The van der Waals surface area contributed by atoms with Crippen LogP contribution in [0.3, 0.4) is 0 Å². The van der Waals surface area contributed by atoms with Crippen LogP contribution in [0.4, 0.5) is 16.2 Å². The van der Waals surface area contributed by atoms with Crippen molar-refractivity contribution in [3.05, 3.63) is 95.7 Å². The number of carbonyl (C=O) groups excluding carboxylic acids is 1. The van der Waals surface area contributed by atoms with Gasteiger partial charge in [0.2, 0.25) is 0 Å². The Balaban J connectivity index is 1.26. The minimum atomic E-state index is -0.802. The standard InChI is InChI=1S/C27H22FN9O2/c1-16-10-22(35-27-36-23(15-29-2)39-37-27)34-25(33-16)19-11-20(28)24(31-14-19)26(38)32-13-17-8-9-21(30-12-17)18-6-4-3-5-7-18/h3-12,14-15H,13H2,1-2H3,(H,32,38)(H,33,34,35,37)/b29-15-. The number of pyridine rings is 2. The van der Waals surface area contributed by atoms with E-state index in [-0.39, 0.29) is 29.9 Å². The molecule has 0 spiro atoms. The number of halogens is 1. The van der Waals surface area contributed by atoms with Gasteiger partial charge in [-0.05, 0) is 29.8 Å². The lowest BCUT2D eigenvalue weighted by atomic mass is 10.1. The van der Waals surface area contributed by atoms with Crippen LogP contribution in [-0.2, 0) is 6.54 Å². The van der Waals surface area contributed by atoms with E-state index in [1.807, 2.05) is 42.5 Å². The van der Waals surface area contributed by atoms with E-state index in [1.165, 1.54) is 18.5 Å². The van der Waals surface area contributed by atoms with Crippen molar-refractivity contribution in [1.82, 2.24) is 35.4 Å². The first-order chi connectivity index (χ1) is 19.0. The summed E-state index contributed by atoms with van der Waals surface area (Å²) in [5.74, 6) is -0.473. The molecule has 0 aliphatic heterocycles. The normalized spacial score (nSPS) is 11.1. The lowest BCUT2D eigenvalue weighted by Gasteiger charge is -2.09. The van der Waals surface area contributed by atoms with Crippen LogP contribution >= 0.6 is 0 Å². The molecule has 39 heavy (non-hydrogen) atoms. The monoisotopic (exact) mass is 523 g/mol. The smallest absolute Gasteiger partial charge is 0.273 e. The maximum atomic E-state index is 14.9. The number of nitrogens with one attached hydrogen (secondary N) is 2. The van der Waals surface area contributed by atoms with Crippen LogP contribution in [0.25, 0.3) is 22.6 Å². The number of aliphatic imine (C=N–C) groups is 1. The van der Waals surface area contributed by atoms with Gasteiger partial charge in [0.25, 0.3) is 17.7 Å². The summed E-state index contributed by atoms with van der Waals surface area (Å²) in [6.45, 7) is 1.93. The number of benzene rings is 1. The molecule has 5 aromatic rings. The number of nitrogens with zero attached hydrogens (tertiary/aromatic N) is 7. The molecule has 11 nitrogen and oxygen atoms in total. The average molecular weight is 524 g/mol. The predicted octanol–water partition coefficient (Wildman–Crippen LogP) is 4.15. The van der Waals surface area contributed by atoms with E-state index in [0.717, 1.165) is 16.8 Å². The molecule has 1 aromatic carbocycles.